The lowest BCUT2D eigenvalue weighted by molar-refractivity contribution is -0.384. The van der Waals surface area contributed by atoms with E-state index in [0.29, 0.717) is 12.5 Å². The molecule has 1 aromatic carbocycles. The fourth-order valence-electron chi connectivity index (χ4n) is 3.22. The van der Waals surface area contributed by atoms with Crippen LogP contribution in [0.3, 0.4) is 0 Å². The van der Waals surface area contributed by atoms with Crippen molar-refractivity contribution in [1.29, 1.82) is 0 Å². The molecule has 1 saturated carbocycles. The van der Waals surface area contributed by atoms with E-state index < -0.39 is 16.8 Å². The Bertz CT molecular complexity index is 672. The Kier molecular flexibility index (Phi) is 4.37. The number of non-ortho nitro benzene ring substituents is 1. The molecule has 8 nitrogen and oxygen atoms in total. The quantitative estimate of drug-likeness (QED) is 0.624. The van der Waals surface area contributed by atoms with Crippen LogP contribution in [0.1, 0.15) is 12.8 Å². The summed E-state index contributed by atoms with van der Waals surface area (Å²) >= 11 is 0. The van der Waals surface area contributed by atoms with Crippen molar-refractivity contribution in [2.45, 2.75) is 12.8 Å². The summed E-state index contributed by atoms with van der Waals surface area (Å²) in [6.45, 7) is 0.386. The lowest BCUT2D eigenvalue weighted by Crippen LogP contribution is -2.33. The largest absolute Gasteiger partial charge is 0.484 e. The Hall–Kier alpha value is -2.64. The summed E-state index contributed by atoms with van der Waals surface area (Å²) in [4.78, 5) is 35.3. The second-order valence-corrected chi connectivity index (χ2v) is 6.29. The molecule has 0 bridgehead atoms. The minimum absolute atomic E-state index is 0.0178. The molecule has 8 heteroatoms. The average Bonchev–Trinajstić information content (AvgIpc) is 3.30. The summed E-state index contributed by atoms with van der Waals surface area (Å²) in [6, 6.07) is 5.62. The van der Waals surface area contributed by atoms with Crippen LogP contribution in [0.2, 0.25) is 0 Å². The number of nitro groups is 1. The van der Waals surface area contributed by atoms with Crippen molar-refractivity contribution in [3.05, 3.63) is 34.4 Å². The molecule has 1 saturated heterocycles. The maximum Gasteiger partial charge on any atom is 0.308 e. The lowest BCUT2D eigenvalue weighted by atomic mass is 9.92. The maximum atomic E-state index is 12.3. The fourth-order valence-corrected chi connectivity index (χ4v) is 3.22. The number of nitrogens with zero attached hydrogens (tertiary/aromatic N) is 2. The first kappa shape index (κ1) is 16.2. The molecule has 1 amide bonds. The van der Waals surface area contributed by atoms with E-state index in [9.17, 15) is 24.8 Å². The van der Waals surface area contributed by atoms with Gasteiger partial charge in [0.25, 0.3) is 11.6 Å². The number of ether oxygens (including phenoxy) is 1. The number of likely N-dealkylation sites (tertiary alicyclic amines) is 1. The molecule has 0 aromatic heterocycles. The van der Waals surface area contributed by atoms with Crippen molar-refractivity contribution < 1.29 is 24.4 Å². The van der Waals surface area contributed by atoms with Crippen LogP contribution in [-0.2, 0) is 9.59 Å². The number of rotatable bonds is 6. The van der Waals surface area contributed by atoms with E-state index in [0.717, 1.165) is 12.8 Å². The highest BCUT2D eigenvalue weighted by Crippen LogP contribution is 2.44. The summed E-state index contributed by atoms with van der Waals surface area (Å²) in [5.74, 6) is -1.01. The second kappa shape index (κ2) is 6.46. The topological polar surface area (TPSA) is 110 Å². The number of hydrogen-bond donors (Lipinski definition) is 1. The van der Waals surface area contributed by atoms with Crippen LogP contribution in [0.4, 0.5) is 5.69 Å². The lowest BCUT2D eigenvalue weighted by Gasteiger charge is -2.16. The standard InChI is InChI=1S/C16H18N2O6/c19-15(9-24-12-3-1-2-11(6-12)18(22)23)17-7-13(10-4-5-10)14(8-17)16(20)21/h1-3,6,10,13-14H,4-5,7-9H2,(H,20,21)/t13-,14+/m1/s1. The molecular formula is C16H18N2O6. The van der Waals surface area contributed by atoms with Crippen molar-refractivity contribution in [2.24, 2.45) is 17.8 Å². The summed E-state index contributed by atoms with van der Waals surface area (Å²) in [5, 5.41) is 20.0. The summed E-state index contributed by atoms with van der Waals surface area (Å²) in [7, 11) is 0. The molecule has 2 fully saturated rings. The van der Waals surface area contributed by atoms with Gasteiger partial charge in [0.15, 0.2) is 6.61 Å². The molecule has 0 unspecified atom stereocenters. The van der Waals surface area contributed by atoms with Gasteiger partial charge in [-0.1, -0.05) is 6.07 Å². The van der Waals surface area contributed by atoms with Gasteiger partial charge in [0.2, 0.25) is 0 Å². The molecule has 3 rings (SSSR count). The van der Waals surface area contributed by atoms with E-state index in [1.165, 1.54) is 29.2 Å². The Morgan fingerprint density at radius 3 is 2.71 bits per heavy atom. The van der Waals surface area contributed by atoms with Crippen molar-refractivity contribution in [3.8, 4) is 5.75 Å². The van der Waals surface area contributed by atoms with Gasteiger partial charge in [-0.2, -0.15) is 0 Å². The predicted octanol–water partition coefficient (Wildman–Crippen LogP) is 1.54. The van der Waals surface area contributed by atoms with E-state index in [1.54, 1.807) is 0 Å². The van der Waals surface area contributed by atoms with Gasteiger partial charge in [0.05, 0.1) is 16.9 Å². The molecule has 1 N–H and O–H groups in total. The number of nitro benzene ring substituents is 1. The number of amides is 1. The van der Waals surface area contributed by atoms with Crippen molar-refractivity contribution in [1.82, 2.24) is 4.90 Å². The molecule has 2 atom stereocenters. The molecule has 0 spiro atoms. The number of hydrogen-bond acceptors (Lipinski definition) is 5. The SMILES string of the molecule is O=C(O)[C@H]1CN(C(=O)COc2cccc([N+](=O)[O-])c2)C[C@@H]1C1CC1. The number of carboxylic acid groups (broad SMARTS) is 1. The number of carbonyl (C=O) groups excluding carboxylic acids is 1. The molecule has 1 aromatic rings. The Labute approximate surface area is 138 Å². The van der Waals surface area contributed by atoms with Gasteiger partial charge in [-0.25, -0.2) is 0 Å². The summed E-state index contributed by atoms with van der Waals surface area (Å²) < 4.78 is 5.34. The van der Waals surface area contributed by atoms with Gasteiger partial charge in [0, 0.05) is 19.2 Å². The summed E-state index contributed by atoms with van der Waals surface area (Å²) in [6.07, 6.45) is 2.06. The molecule has 24 heavy (non-hydrogen) atoms. The summed E-state index contributed by atoms with van der Waals surface area (Å²) in [5.41, 5.74) is -0.110. The van der Waals surface area contributed by atoms with E-state index in [1.807, 2.05) is 0 Å². The van der Waals surface area contributed by atoms with Crippen LogP contribution in [-0.4, -0.2) is 46.5 Å². The van der Waals surface area contributed by atoms with E-state index in [2.05, 4.69) is 0 Å². The smallest absolute Gasteiger partial charge is 0.308 e. The first-order valence-electron chi connectivity index (χ1n) is 7.83. The zero-order chi connectivity index (χ0) is 17.3. The molecule has 128 valence electrons. The second-order valence-electron chi connectivity index (χ2n) is 6.29. The highest BCUT2D eigenvalue weighted by molar-refractivity contribution is 5.80. The van der Waals surface area contributed by atoms with Crippen LogP contribution in [0.15, 0.2) is 24.3 Å². The van der Waals surface area contributed by atoms with Crippen molar-refractivity contribution >= 4 is 17.6 Å². The van der Waals surface area contributed by atoms with Gasteiger partial charge in [0.1, 0.15) is 5.75 Å². The zero-order valence-electron chi connectivity index (χ0n) is 13.0. The number of carboxylic acids is 1. The van der Waals surface area contributed by atoms with Gasteiger partial charge in [-0.15, -0.1) is 0 Å². The molecule has 2 aliphatic rings. The number of carbonyl (C=O) groups is 2. The predicted molar refractivity (Wildman–Crippen MR) is 82.5 cm³/mol. The minimum Gasteiger partial charge on any atom is -0.484 e. The van der Waals surface area contributed by atoms with Crippen LogP contribution >= 0.6 is 0 Å². The Morgan fingerprint density at radius 2 is 2.08 bits per heavy atom. The normalized spacial score (nSPS) is 23.1. The Morgan fingerprint density at radius 1 is 1.33 bits per heavy atom. The monoisotopic (exact) mass is 334 g/mol. The van der Waals surface area contributed by atoms with E-state index >= 15 is 0 Å². The van der Waals surface area contributed by atoms with Crippen LogP contribution in [0, 0.1) is 27.9 Å². The first-order chi connectivity index (χ1) is 11.5. The van der Waals surface area contributed by atoms with Gasteiger partial charge >= 0.3 is 5.97 Å². The highest BCUT2D eigenvalue weighted by atomic mass is 16.6. The van der Waals surface area contributed by atoms with Crippen LogP contribution in [0.25, 0.3) is 0 Å². The molecule has 1 aliphatic heterocycles. The van der Waals surface area contributed by atoms with E-state index in [4.69, 9.17) is 4.74 Å². The van der Waals surface area contributed by atoms with Crippen LogP contribution in [0.5, 0.6) is 5.75 Å². The fraction of sp³-hybridized carbons (Fsp3) is 0.500. The first-order valence-corrected chi connectivity index (χ1v) is 7.83. The van der Waals surface area contributed by atoms with Gasteiger partial charge < -0.3 is 14.7 Å². The molecule has 1 aliphatic carbocycles. The van der Waals surface area contributed by atoms with Gasteiger partial charge in [-0.05, 0) is 30.7 Å². The molecular weight excluding hydrogens is 316 g/mol. The van der Waals surface area contributed by atoms with E-state index in [-0.39, 0.29) is 36.4 Å². The van der Waals surface area contributed by atoms with Crippen molar-refractivity contribution in [3.63, 3.8) is 0 Å². The number of aliphatic carboxylic acids is 1. The maximum absolute atomic E-state index is 12.3. The minimum atomic E-state index is -0.859. The molecule has 1 heterocycles. The average molecular weight is 334 g/mol. The Balaban J connectivity index is 1.58. The zero-order valence-corrected chi connectivity index (χ0v) is 13.0. The third-order valence-corrected chi connectivity index (χ3v) is 4.65. The number of benzene rings is 1. The van der Waals surface area contributed by atoms with Gasteiger partial charge in [-0.3, -0.25) is 19.7 Å². The third kappa shape index (κ3) is 3.47. The third-order valence-electron chi connectivity index (χ3n) is 4.65. The molecule has 0 radical (unpaired) electrons. The van der Waals surface area contributed by atoms with Crippen LogP contribution < -0.4 is 4.74 Å². The highest BCUT2D eigenvalue weighted by Gasteiger charge is 2.46. The van der Waals surface area contributed by atoms with Crippen molar-refractivity contribution in [2.75, 3.05) is 19.7 Å².